The van der Waals surface area contributed by atoms with Crippen molar-refractivity contribution in [1.29, 1.82) is 0 Å². The summed E-state index contributed by atoms with van der Waals surface area (Å²) in [7, 11) is 1.68. The lowest BCUT2D eigenvalue weighted by Gasteiger charge is -2.07. The number of nitrogens with two attached hydrogens (primary N) is 1. The highest BCUT2D eigenvalue weighted by molar-refractivity contribution is 5.77. The monoisotopic (exact) mass is 296 g/mol. The van der Waals surface area contributed by atoms with E-state index in [0.29, 0.717) is 26.4 Å². The van der Waals surface area contributed by atoms with E-state index in [1.54, 1.807) is 7.11 Å². The van der Waals surface area contributed by atoms with Gasteiger partial charge in [0.2, 0.25) is 5.91 Å². The minimum Gasteiger partial charge on any atom is -0.385 e. The molecule has 0 atom stereocenters. The van der Waals surface area contributed by atoms with Crippen molar-refractivity contribution in [2.75, 3.05) is 33.5 Å². The van der Waals surface area contributed by atoms with Crippen LogP contribution in [0.2, 0.25) is 0 Å². The first kappa shape index (κ1) is 17.6. The average Bonchev–Trinajstić information content (AvgIpc) is 2.51. The van der Waals surface area contributed by atoms with Crippen LogP contribution < -0.4 is 11.3 Å². The third-order valence-corrected chi connectivity index (χ3v) is 2.83. The van der Waals surface area contributed by atoms with Crippen LogP contribution in [0.5, 0.6) is 0 Å². The van der Waals surface area contributed by atoms with Crippen molar-refractivity contribution in [3.05, 3.63) is 35.4 Å². The Morgan fingerprint density at radius 2 is 1.71 bits per heavy atom. The standard InChI is InChI=1S/C15H24N2O4/c1-19-7-2-8-20-9-10-21-12-14-5-3-13(4-6-14)11-15(18)17-16/h3-6H,2,7-12,16H2,1H3,(H,17,18). The van der Waals surface area contributed by atoms with Crippen LogP contribution in [-0.4, -0.2) is 39.4 Å². The van der Waals surface area contributed by atoms with Gasteiger partial charge in [-0.15, -0.1) is 0 Å². The summed E-state index contributed by atoms with van der Waals surface area (Å²) in [5.41, 5.74) is 4.09. The van der Waals surface area contributed by atoms with Crippen molar-refractivity contribution in [2.24, 2.45) is 5.84 Å². The van der Waals surface area contributed by atoms with E-state index in [2.05, 4.69) is 5.43 Å². The molecule has 0 saturated carbocycles. The molecule has 0 aromatic heterocycles. The number of hydrogen-bond donors (Lipinski definition) is 2. The predicted octanol–water partition coefficient (Wildman–Crippen LogP) is 0.789. The molecule has 1 rings (SSSR count). The zero-order valence-electron chi connectivity index (χ0n) is 12.5. The molecule has 1 amide bonds. The van der Waals surface area contributed by atoms with Crippen molar-refractivity contribution in [3.8, 4) is 0 Å². The second-order valence-electron chi connectivity index (χ2n) is 4.57. The molecule has 3 N–H and O–H groups in total. The maximum Gasteiger partial charge on any atom is 0.238 e. The molecule has 118 valence electrons. The molecular weight excluding hydrogens is 272 g/mol. The Morgan fingerprint density at radius 3 is 2.38 bits per heavy atom. The molecule has 0 aliphatic carbocycles. The number of ether oxygens (including phenoxy) is 3. The van der Waals surface area contributed by atoms with Gasteiger partial charge in [-0.05, 0) is 17.5 Å². The van der Waals surface area contributed by atoms with Crippen LogP contribution >= 0.6 is 0 Å². The van der Waals surface area contributed by atoms with Crippen molar-refractivity contribution >= 4 is 5.91 Å². The van der Waals surface area contributed by atoms with E-state index in [0.717, 1.165) is 24.2 Å². The third-order valence-electron chi connectivity index (χ3n) is 2.83. The average molecular weight is 296 g/mol. The number of nitrogens with one attached hydrogen (secondary N) is 1. The van der Waals surface area contributed by atoms with Gasteiger partial charge in [0, 0.05) is 20.3 Å². The molecule has 6 heteroatoms. The van der Waals surface area contributed by atoms with E-state index in [9.17, 15) is 4.79 Å². The second-order valence-corrected chi connectivity index (χ2v) is 4.57. The minimum atomic E-state index is -0.204. The largest absolute Gasteiger partial charge is 0.385 e. The van der Waals surface area contributed by atoms with E-state index in [1.165, 1.54) is 0 Å². The van der Waals surface area contributed by atoms with Crippen LogP contribution in [0.1, 0.15) is 17.5 Å². The molecule has 0 spiro atoms. The third kappa shape index (κ3) is 8.41. The Morgan fingerprint density at radius 1 is 1.05 bits per heavy atom. The minimum absolute atomic E-state index is 0.204. The Hall–Kier alpha value is -1.47. The van der Waals surface area contributed by atoms with E-state index in [1.807, 2.05) is 24.3 Å². The maximum absolute atomic E-state index is 11.1. The summed E-state index contributed by atoms with van der Waals surface area (Å²) in [6.07, 6.45) is 1.18. The summed E-state index contributed by atoms with van der Waals surface area (Å²) in [5, 5.41) is 0. The van der Waals surface area contributed by atoms with Gasteiger partial charge in [-0.1, -0.05) is 24.3 Å². The number of benzene rings is 1. The first-order valence-corrected chi connectivity index (χ1v) is 6.98. The van der Waals surface area contributed by atoms with E-state index in [4.69, 9.17) is 20.1 Å². The molecule has 1 aromatic carbocycles. The highest BCUT2D eigenvalue weighted by atomic mass is 16.5. The van der Waals surface area contributed by atoms with Crippen LogP contribution in [-0.2, 0) is 32.0 Å². The molecule has 0 saturated heterocycles. The number of hydrogen-bond acceptors (Lipinski definition) is 5. The lowest BCUT2D eigenvalue weighted by Crippen LogP contribution is -2.31. The van der Waals surface area contributed by atoms with Crippen molar-refractivity contribution < 1.29 is 19.0 Å². The Balaban J connectivity index is 2.11. The number of rotatable bonds is 11. The maximum atomic E-state index is 11.1. The van der Waals surface area contributed by atoms with Crippen molar-refractivity contribution in [1.82, 2.24) is 5.43 Å². The van der Waals surface area contributed by atoms with Gasteiger partial charge in [0.15, 0.2) is 0 Å². The van der Waals surface area contributed by atoms with Crippen molar-refractivity contribution in [3.63, 3.8) is 0 Å². The number of methoxy groups -OCH3 is 1. The fourth-order valence-electron chi connectivity index (χ4n) is 1.71. The Bertz CT molecular complexity index is 395. The van der Waals surface area contributed by atoms with Gasteiger partial charge >= 0.3 is 0 Å². The van der Waals surface area contributed by atoms with E-state index >= 15 is 0 Å². The number of carbonyl (C=O) groups excluding carboxylic acids is 1. The SMILES string of the molecule is COCCCOCCOCc1ccc(CC(=O)NN)cc1. The molecule has 0 aliphatic heterocycles. The van der Waals surface area contributed by atoms with Gasteiger partial charge in [0.25, 0.3) is 0 Å². The molecule has 0 heterocycles. The molecule has 0 fully saturated rings. The Kier molecular flexibility index (Phi) is 9.39. The summed E-state index contributed by atoms with van der Waals surface area (Å²) in [6.45, 7) is 3.08. The summed E-state index contributed by atoms with van der Waals surface area (Å²) < 4.78 is 15.8. The van der Waals surface area contributed by atoms with Crippen LogP contribution in [0.4, 0.5) is 0 Å². The first-order valence-electron chi connectivity index (χ1n) is 6.98. The van der Waals surface area contributed by atoms with Gasteiger partial charge in [-0.25, -0.2) is 5.84 Å². The number of hydrazine groups is 1. The van der Waals surface area contributed by atoms with Crippen LogP contribution in [0.15, 0.2) is 24.3 Å². The zero-order valence-corrected chi connectivity index (χ0v) is 12.5. The van der Waals surface area contributed by atoms with Crippen LogP contribution in [0.3, 0.4) is 0 Å². The van der Waals surface area contributed by atoms with Gasteiger partial charge in [-0.2, -0.15) is 0 Å². The smallest absolute Gasteiger partial charge is 0.238 e. The summed E-state index contributed by atoms with van der Waals surface area (Å²) in [5.74, 6) is 4.84. The second kappa shape index (κ2) is 11.2. The molecule has 21 heavy (non-hydrogen) atoms. The fourth-order valence-corrected chi connectivity index (χ4v) is 1.71. The molecule has 1 aromatic rings. The highest BCUT2D eigenvalue weighted by Crippen LogP contribution is 2.06. The van der Waals surface area contributed by atoms with Crippen molar-refractivity contribution in [2.45, 2.75) is 19.4 Å². The van der Waals surface area contributed by atoms with E-state index < -0.39 is 0 Å². The normalized spacial score (nSPS) is 10.6. The van der Waals surface area contributed by atoms with Crippen LogP contribution in [0, 0.1) is 0 Å². The lowest BCUT2D eigenvalue weighted by molar-refractivity contribution is -0.120. The predicted molar refractivity (Wildman–Crippen MR) is 79.4 cm³/mol. The molecular formula is C15H24N2O4. The molecule has 0 unspecified atom stereocenters. The molecule has 0 radical (unpaired) electrons. The first-order chi connectivity index (χ1) is 10.3. The topological polar surface area (TPSA) is 82.8 Å². The number of carbonyl (C=O) groups is 1. The van der Waals surface area contributed by atoms with Gasteiger partial charge in [-0.3, -0.25) is 10.2 Å². The zero-order chi connectivity index (χ0) is 15.3. The summed E-state index contributed by atoms with van der Waals surface area (Å²) in [6, 6.07) is 7.68. The van der Waals surface area contributed by atoms with E-state index in [-0.39, 0.29) is 12.3 Å². The van der Waals surface area contributed by atoms with Gasteiger partial charge in [0.05, 0.1) is 26.2 Å². The molecule has 6 nitrogen and oxygen atoms in total. The van der Waals surface area contributed by atoms with Crippen LogP contribution in [0.25, 0.3) is 0 Å². The molecule has 0 bridgehead atoms. The fraction of sp³-hybridized carbons (Fsp3) is 0.533. The lowest BCUT2D eigenvalue weighted by atomic mass is 10.1. The van der Waals surface area contributed by atoms with Gasteiger partial charge in [0.1, 0.15) is 0 Å². The Labute approximate surface area is 125 Å². The summed E-state index contributed by atoms with van der Waals surface area (Å²) >= 11 is 0. The quantitative estimate of drug-likeness (QED) is 0.273. The number of amides is 1. The summed E-state index contributed by atoms with van der Waals surface area (Å²) in [4.78, 5) is 11.1. The highest BCUT2D eigenvalue weighted by Gasteiger charge is 2.01. The molecule has 0 aliphatic rings. The van der Waals surface area contributed by atoms with Gasteiger partial charge < -0.3 is 14.2 Å².